The van der Waals surface area contributed by atoms with Gasteiger partial charge < -0.3 is 14.0 Å². The first-order valence-electron chi connectivity index (χ1n) is 9.64. The second-order valence-electron chi connectivity index (χ2n) is 6.96. The normalized spacial score (nSPS) is 17.5. The van der Waals surface area contributed by atoms with Gasteiger partial charge in [0.05, 0.1) is 0 Å². The number of piperidine rings is 1. The van der Waals surface area contributed by atoms with E-state index in [0.717, 1.165) is 44.6 Å². The number of aromatic nitrogens is 3. The molecular formula is C20H28N4O2. The zero-order valence-corrected chi connectivity index (χ0v) is 15.7. The van der Waals surface area contributed by atoms with Crippen molar-refractivity contribution in [1.29, 1.82) is 0 Å². The molecule has 6 heteroatoms. The van der Waals surface area contributed by atoms with Crippen molar-refractivity contribution in [2.75, 3.05) is 13.1 Å². The van der Waals surface area contributed by atoms with Crippen LogP contribution in [0.25, 0.3) is 0 Å². The summed E-state index contributed by atoms with van der Waals surface area (Å²) in [5.74, 6) is 1.29. The van der Waals surface area contributed by atoms with E-state index >= 15 is 0 Å². The number of pyridine rings is 1. The molecule has 1 aliphatic rings. The van der Waals surface area contributed by atoms with Gasteiger partial charge in [-0.3, -0.25) is 9.59 Å². The van der Waals surface area contributed by atoms with E-state index in [1.165, 1.54) is 6.07 Å². The molecule has 3 heterocycles. The van der Waals surface area contributed by atoms with E-state index in [4.69, 9.17) is 0 Å². The zero-order chi connectivity index (χ0) is 18.5. The van der Waals surface area contributed by atoms with Crippen LogP contribution in [-0.2, 0) is 13.1 Å². The molecular weight excluding hydrogens is 328 g/mol. The largest absolute Gasteiger partial charge is 0.338 e. The van der Waals surface area contributed by atoms with Crippen LogP contribution in [0.3, 0.4) is 0 Å². The zero-order valence-electron chi connectivity index (χ0n) is 15.7. The molecule has 1 saturated heterocycles. The van der Waals surface area contributed by atoms with E-state index in [2.05, 4.69) is 16.5 Å². The van der Waals surface area contributed by atoms with Crippen molar-refractivity contribution >= 4 is 5.91 Å². The first-order valence-corrected chi connectivity index (χ1v) is 9.64. The Bertz CT molecular complexity index is 808. The highest BCUT2D eigenvalue weighted by Crippen LogP contribution is 2.27. The van der Waals surface area contributed by atoms with Crippen molar-refractivity contribution in [2.24, 2.45) is 0 Å². The molecule has 1 atom stereocenters. The Kier molecular flexibility index (Phi) is 5.91. The Balaban J connectivity index is 1.74. The molecule has 0 aliphatic carbocycles. The predicted molar refractivity (Wildman–Crippen MR) is 101 cm³/mol. The average molecular weight is 356 g/mol. The summed E-state index contributed by atoms with van der Waals surface area (Å²) in [6.07, 6.45) is 9.89. The van der Waals surface area contributed by atoms with Gasteiger partial charge in [-0.2, -0.15) is 0 Å². The third-order valence-electron chi connectivity index (χ3n) is 5.16. The topological polar surface area (TPSA) is 60.1 Å². The monoisotopic (exact) mass is 356 g/mol. The molecule has 2 aromatic heterocycles. The molecule has 0 spiro atoms. The van der Waals surface area contributed by atoms with Gasteiger partial charge in [-0.25, -0.2) is 4.98 Å². The molecule has 6 nitrogen and oxygen atoms in total. The van der Waals surface area contributed by atoms with Gasteiger partial charge in [0.1, 0.15) is 5.82 Å². The molecule has 0 N–H and O–H groups in total. The van der Waals surface area contributed by atoms with Gasteiger partial charge in [0.2, 0.25) is 0 Å². The number of imidazole rings is 1. The van der Waals surface area contributed by atoms with Crippen LogP contribution in [0.15, 0.2) is 35.5 Å². The van der Waals surface area contributed by atoms with Crippen molar-refractivity contribution in [2.45, 2.75) is 58.5 Å². The number of nitrogens with zero attached hydrogens (tertiary/aromatic N) is 4. The molecule has 0 radical (unpaired) electrons. The quantitative estimate of drug-likeness (QED) is 0.800. The fraction of sp³-hybridized carbons (Fsp3) is 0.550. The number of rotatable bonds is 6. The number of carbonyl (C=O) groups excluding carboxylic acids is 1. The number of amides is 1. The maximum Gasteiger partial charge on any atom is 0.254 e. The molecule has 1 amide bonds. The van der Waals surface area contributed by atoms with Crippen molar-refractivity contribution in [3.05, 3.63) is 52.5 Å². The molecule has 26 heavy (non-hydrogen) atoms. The van der Waals surface area contributed by atoms with Gasteiger partial charge in [-0.05, 0) is 32.3 Å². The maximum absolute atomic E-state index is 12.9. The lowest BCUT2D eigenvalue weighted by molar-refractivity contribution is 0.0703. The van der Waals surface area contributed by atoms with E-state index in [-0.39, 0.29) is 17.4 Å². The van der Waals surface area contributed by atoms with E-state index in [9.17, 15) is 9.59 Å². The third kappa shape index (κ3) is 3.89. The summed E-state index contributed by atoms with van der Waals surface area (Å²) in [5.41, 5.74) is 0.358. The Morgan fingerprint density at radius 2 is 2.12 bits per heavy atom. The van der Waals surface area contributed by atoms with Crippen molar-refractivity contribution in [3.8, 4) is 0 Å². The standard InChI is InChI=1S/C20H28N4O2/c1-3-5-10-23-13-9-21-19(23)17-7-6-11-24(15-17)20(26)16-8-12-22(4-2)18(25)14-16/h8-9,12-14,17H,3-7,10-11,15H2,1-2H3/t17-/m1/s1. The van der Waals surface area contributed by atoms with E-state index in [1.54, 1.807) is 16.8 Å². The maximum atomic E-state index is 12.9. The number of aryl methyl sites for hydroxylation is 2. The van der Waals surface area contributed by atoms with Crippen molar-refractivity contribution in [3.63, 3.8) is 0 Å². The summed E-state index contributed by atoms with van der Waals surface area (Å²) < 4.78 is 3.82. The number of carbonyl (C=O) groups is 1. The smallest absolute Gasteiger partial charge is 0.254 e. The minimum Gasteiger partial charge on any atom is -0.338 e. The fourth-order valence-corrected chi connectivity index (χ4v) is 3.66. The van der Waals surface area contributed by atoms with Gasteiger partial charge in [0, 0.05) is 62.3 Å². The lowest BCUT2D eigenvalue weighted by Crippen LogP contribution is -2.40. The summed E-state index contributed by atoms with van der Waals surface area (Å²) in [7, 11) is 0. The summed E-state index contributed by atoms with van der Waals surface area (Å²) in [5, 5.41) is 0. The SMILES string of the molecule is CCCCn1ccnc1[C@@H]1CCCN(C(=O)c2ccn(CC)c(=O)c2)C1. The minimum atomic E-state index is -0.123. The van der Waals surface area contributed by atoms with Gasteiger partial charge in [0.15, 0.2) is 0 Å². The Labute approximate surface area is 154 Å². The Hall–Kier alpha value is -2.37. The highest BCUT2D eigenvalue weighted by molar-refractivity contribution is 5.94. The lowest BCUT2D eigenvalue weighted by atomic mass is 9.96. The van der Waals surface area contributed by atoms with Crippen molar-refractivity contribution in [1.82, 2.24) is 19.0 Å². The van der Waals surface area contributed by atoms with Crippen molar-refractivity contribution < 1.29 is 4.79 Å². The summed E-state index contributed by atoms with van der Waals surface area (Å²) in [6, 6.07) is 3.21. The summed E-state index contributed by atoms with van der Waals surface area (Å²) >= 11 is 0. The van der Waals surface area contributed by atoms with E-state index in [1.807, 2.05) is 24.2 Å². The highest BCUT2D eigenvalue weighted by Gasteiger charge is 2.28. The summed E-state index contributed by atoms with van der Waals surface area (Å²) in [4.78, 5) is 31.3. The Morgan fingerprint density at radius 1 is 1.27 bits per heavy atom. The molecule has 0 bridgehead atoms. The van der Waals surface area contributed by atoms with Crippen LogP contribution in [0, 0.1) is 0 Å². The van der Waals surface area contributed by atoms with Crippen LogP contribution >= 0.6 is 0 Å². The number of unbranched alkanes of at least 4 members (excludes halogenated alkanes) is 1. The second kappa shape index (κ2) is 8.34. The minimum absolute atomic E-state index is 0.0540. The van der Waals surface area contributed by atoms with Crippen LogP contribution in [0.4, 0.5) is 0 Å². The molecule has 3 rings (SSSR count). The first-order chi connectivity index (χ1) is 12.6. The van der Waals surface area contributed by atoms with Gasteiger partial charge >= 0.3 is 0 Å². The van der Waals surface area contributed by atoms with Gasteiger partial charge in [0.25, 0.3) is 11.5 Å². The molecule has 0 unspecified atom stereocenters. The average Bonchev–Trinajstić information content (AvgIpc) is 3.14. The lowest BCUT2D eigenvalue weighted by Gasteiger charge is -2.32. The predicted octanol–water partition coefficient (Wildman–Crippen LogP) is 2.88. The molecule has 0 saturated carbocycles. The summed E-state index contributed by atoms with van der Waals surface area (Å²) in [6.45, 7) is 7.09. The number of likely N-dealkylation sites (tertiary alicyclic amines) is 1. The van der Waals surface area contributed by atoms with E-state index in [0.29, 0.717) is 18.7 Å². The molecule has 0 aromatic carbocycles. The Morgan fingerprint density at radius 3 is 2.85 bits per heavy atom. The van der Waals surface area contributed by atoms with Gasteiger partial charge in [-0.1, -0.05) is 13.3 Å². The number of hydrogen-bond donors (Lipinski definition) is 0. The van der Waals surface area contributed by atoms with Crippen LogP contribution in [0.5, 0.6) is 0 Å². The van der Waals surface area contributed by atoms with Crippen LogP contribution in [-0.4, -0.2) is 38.0 Å². The van der Waals surface area contributed by atoms with E-state index < -0.39 is 0 Å². The van der Waals surface area contributed by atoms with Crippen LogP contribution in [0.1, 0.15) is 61.6 Å². The van der Waals surface area contributed by atoms with Crippen LogP contribution in [0.2, 0.25) is 0 Å². The molecule has 1 aliphatic heterocycles. The highest BCUT2D eigenvalue weighted by atomic mass is 16.2. The van der Waals surface area contributed by atoms with Gasteiger partial charge in [-0.15, -0.1) is 0 Å². The number of hydrogen-bond acceptors (Lipinski definition) is 3. The fourth-order valence-electron chi connectivity index (χ4n) is 3.66. The molecule has 1 fully saturated rings. The second-order valence-corrected chi connectivity index (χ2v) is 6.96. The molecule has 2 aromatic rings. The van der Waals surface area contributed by atoms with Crippen LogP contribution < -0.4 is 5.56 Å². The molecule has 140 valence electrons. The first kappa shape index (κ1) is 18.4. The third-order valence-corrected chi connectivity index (χ3v) is 5.16.